The summed E-state index contributed by atoms with van der Waals surface area (Å²) in [5.74, 6) is 1.94. The summed E-state index contributed by atoms with van der Waals surface area (Å²) in [6, 6.07) is 0.508. The molecule has 1 aromatic rings. The van der Waals surface area contributed by atoms with Gasteiger partial charge >= 0.3 is 0 Å². The maximum atomic E-state index is 5.50. The molecule has 0 spiro atoms. The summed E-state index contributed by atoms with van der Waals surface area (Å²) < 4.78 is 0. The minimum absolute atomic E-state index is 0.394. The summed E-state index contributed by atoms with van der Waals surface area (Å²) in [6.07, 6.45) is 2.41. The van der Waals surface area contributed by atoms with E-state index in [4.69, 9.17) is 5.73 Å². The van der Waals surface area contributed by atoms with Gasteiger partial charge in [0.2, 0.25) is 11.9 Å². The molecule has 5 nitrogen and oxygen atoms in total. The van der Waals surface area contributed by atoms with Crippen molar-refractivity contribution in [1.82, 2.24) is 15.2 Å². The zero-order valence-corrected chi connectivity index (χ0v) is 8.70. The lowest BCUT2D eigenvalue weighted by molar-refractivity contribution is 0.374. The number of hydrogen-bond donors (Lipinski definition) is 2. The van der Waals surface area contributed by atoms with Crippen LogP contribution in [0.4, 0.5) is 11.9 Å². The molecule has 1 aliphatic rings. The van der Waals surface area contributed by atoms with E-state index >= 15 is 0 Å². The molecule has 0 saturated carbocycles. The third kappa shape index (κ3) is 1.66. The smallest absolute Gasteiger partial charge is 0.246 e. The fraction of sp³-hybridized carbons (Fsp3) is 0.778. The van der Waals surface area contributed by atoms with Crippen LogP contribution in [0.1, 0.15) is 26.7 Å². The molecule has 0 aliphatic carbocycles. The molecule has 78 valence electrons. The van der Waals surface area contributed by atoms with Crippen LogP contribution < -0.4 is 10.6 Å². The van der Waals surface area contributed by atoms with Gasteiger partial charge in [-0.25, -0.2) is 5.10 Å². The number of rotatable bonds is 1. The number of nitrogens with two attached hydrogens (primary N) is 1. The summed E-state index contributed by atoms with van der Waals surface area (Å²) in [4.78, 5) is 6.36. The summed E-state index contributed by atoms with van der Waals surface area (Å²) in [7, 11) is 0. The number of hydrogen-bond acceptors (Lipinski definition) is 4. The molecule has 1 saturated heterocycles. The molecule has 0 radical (unpaired) electrons. The van der Waals surface area contributed by atoms with Gasteiger partial charge in [0.05, 0.1) is 0 Å². The molecule has 2 atom stereocenters. The van der Waals surface area contributed by atoms with Crippen molar-refractivity contribution in [3.8, 4) is 0 Å². The van der Waals surface area contributed by atoms with Crippen LogP contribution in [-0.2, 0) is 0 Å². The molecule has 1 aliphatic heterocycles. The van der Waals surface area contributed by atoms with Crippen LogP contribution in [0.25, 0.3) is 0 Å². The normalized spacial score (nSPS) is 28.0. The minimum Gasteiger partial charge on any atom is -0.368 e. The number of H-pyrrole nitrogens is 1. The molecule has 1 fully saturated rings. The van der Waals surface area contributed by atoms with E-state index in [0.29, 0.717) is 12.0 Å². The molecule has 2 unspecified atom stereocenters. The molecule has 5 heteroatoms. The van der Waals surface area contributed by atoms with E-state index in [1.54, 1.807) is 0 Å². The zero-order chi connectivity index (χ0) is 10.1. The zero-order valence-electron chi connectivity index (χ0n) is 8.70. The molecule has 0 aromatic carbocycles. The predicted molar refractivity (Wildman–Crippen MR) is 56.0 cm³/mol. The molecule has 1 aromatic heterocycles. The number of aromatic nitrogens is 3. The lowest BCUT2D eigenvalue weighted by Gasteiger charge is -2.35. The second-order valence-electron chi connectivity index (χ2n) is 4.19. The highest BCUT2D eigenvalue weighted by Crippen LogP contribution is 2.25. The van der Waals surface area contributed by atoms with Crippen molar-refractivity contribution in [3.05, 3.63) is 0 Å². The summed E-state index contributed by atoms with van der Waals surface area (Å²) in [6.45, 7) is 5.53. The monoisotopic (exact) mass is 195 g/mol. The van der Waals surface area contributed by atoms with E-state index in [0.717, 1.165) is 18.4 Å². The number of nitrogens with one attached hydrogen (secondary N) is 1. The quantitative estimate of drug-likeness (QED) is 0.701. The molecule has 0 bridgehead atoms. The second-order valence-corrected chi connectivity index (χ2v) is 4.19. The molecular formula is C9H17N5. The molecule has 0 amide bonds. The lowest BCUT2D eigenvalue weighted by Crippen LogP contribution is -2.40. The third-order valence-electron chi connectivity index (χ3n) is 2.89. The Morgan fingerprint density at radius 2 is 2.29 bits per heavy atom. The number of nitrogens with zero attached hydrogens (tertiary/aromatic N) is 3. The summed E-state index contributed by atoms with van der Waals surface area (Å²) in [5, 5.41) is 6.75. The second kappa shape index (κ2) is 3.48. The fourth-order valence-electron chi connectivity index (χ4n) is 2.10. The van der Waals surface area contributed by atoms with Gasteiger partial charge < -0.3 is 10.6 Å². The maximum absolute atomic E-state index is 5.50. The van der Waals surface area contributed by atoms with Gasteiger partial charge in [-0.15, -0.1) is 5.10 Å². The van der Waals surface area contributed by atoms with Crippen LogP contribution in [0.15, 0.2) is 0 Å². The summed E-state index contributed by atoms with van der Waals surface area (Å²) >= 11 is 0. The Hall–Kier alpha value is -1.26. The van der Waals surface area contributed by atoms with Crippen molar-refractivity contribution in [2.45, 2.75) is 32.7 Å². The van der Waals surface area contributed by atoms with Crippen molar-refractivity contribution in [1.29, 1.82) is 0 Å². The van der Waals surface area contributed by atoms with Gasteiger partial charge in [-0.05, 0) is 25.7 Å². The Labute approximate surface area is 83.7 Å². The average Bonchev–Trinajstić information content (AvgIpc) is 2.51. The van der Waals surface area contributed by atoms with Crippen molar-refractivity contribution in [3.63, 3.8) is 0 Å². The van der Waals surface area contributed by atoms with E-state index in [1.165, 1.54) is 12.8 Å². The van der Waals surface area contributed by atoms with E-state index in [-0.39, 0.29) is 0 Å². The average molecular weight is 195 g/mol. The Morgan fingerprint density at radius 1 is 1.50 bits per heavy atom. The van der Waals surface area contributed by atoms with Crippen LogP contribution in [0.2, 0.25) is 0 Å². The van der Waals surface area contributed by atoms with Crippen molar-refractivity contribution in [2.75, 3.05) is 17.2 Å². The van der Waals surface area contributed by atoms with E-state index in [2.05, 4.69) is 33.9 Å². The van der Waals surface area contributed by atoms with Gasteiger partial charge in [-0.3, -0.25) is 0 Å². The van der Waals surface area contributed by atoms with Crippen LogP contribution in [0.5, 0.6) is 0 Å². The largest absolute Gasteiger partial charge is 0.368 e. The third-order valence-corrected chi connectivity index (χ3v) is 2.89. The number of aromatic amines is 1. The molecule has 14 heavy (non-hydrogen) atoms. The Morgan fingerprint density at radius 3 is 2.86 bits per heavy atom. The minimum atomic E-state index is 0.394. The first-order valence-electron chi connectivity index (χ1n) is 5.11. The maximum Gasteiger partial charge on any atom is 0.246 e. The van der Waals surface area contributed by atoms with Gasteiger partial charge in [0, 0.05) is 12.6 Å². The van der Waals surface area contributed by atoms with Crippen LogP contribution in [-0.4, -0.2) is 27.8 Å². The highest BCUT2D eigenvalue weighted by atomic mass is 15.4. The number of nitrogen functional groups attached to an aromatic ring is 1. The van der Waals surface area contributed by atoms with Crippen LogP contribution in [0, 0.1) is 5.92 Å². The highest BCUT2D eigenvalue weighted by Gasteiger charge is 2.25. The first-order valence-corrected chi connectivity index (χ1v) is 5.11. The van der Waals surface area contributed by atoms with Gasteiger partial charge in [-0.2, -0.15) is 4.98 Å². The van der Waals surface area contributed by atoms with Crippen LogP contribution >= 0.6 is 0 Å². The Balaban J connectivity index is 2.11. The molecule has 2 rings (SSSR count). The predicted octanol–water partition coefficient (Wildman–Crippen LogP) is 1.01. The van der Waals surface area contributed by atoms with Crippen LogP contribution in [0.3, 0.4) is 0 Å². The number of anilines is 2. The van der Waals surface area contributed by atoms with E-state index < -0.39 is 0 Å². The highest BCUT2D eigenvalue weighted by molar-refractivity contribution is 5.35. The van der Waals surface area contributed by atoms with Gasteiger partial charge in [0.25, 0.3) is 0 Å². The molecule has 3 N–H and O–H groups in total. The van der Waals surface area contributed by atoms with Crippen molar-refractivity contribution < 1.29 is 0 Å². The topological polar surface area (TPSA) is 70.8 Å². The van der Waals surface area contributed by atoms with E-state index in [1.807, 2.05) is 0 Å². The molecule has 2 heterocycles. The van der Waals surface area contributed by atoms with Crippen molar-refractivity contribution in [2.24, 2.45) is 5.92 Å². The first-order chi connectivity index (χ1) is 6.66. The Bertz CT molecular complexity index is 308. The Kier molecular flexibility index (Phi) is 2.31. The van der Waals surface area contributed by atoms with Crippen molar-refractivity contribution >= 4 is 11.9 Å². The van der Waals surface area contributed by atoms with Gasteiger partial charge in [0.15, 0.2) is 0 Å². The fourth-order valence-corrected chi connectivity index (χ4v) is 2.10. The van der Waals surface area contributed by atoms with Gasteiger partial charge in [-0.1, -0.05) is 6.92 Å². The van der Waals surface area contributed by atoms with Gasteiger partial charge in [0.1, 0.15) is 0 Å². The first kappa shape index (κ1) is 9.30. The standard InChI is InChI=1S/C9H17N5/c1-6-3-4-14(7(2)5-6)9-11-8(10)12-13-9/h6-7H,3-5H2,1-2H3,(H3,10,11,12,13). The number of piperidine rings is 1. The SMILES string of the molecule is CC1CCN(c2n[nH]c(N)n2)C(C)C1. The summed E-state index contributed by atoms with van der Waals surface area (Å²) in [5.41, 5.74) is 5.50. The lowest BCUT2D eigenvalue weighted by atomic mass is 9.94. The van der Waals surface area contributed by atoms with E-state index in [9.17, 15) is 0 Å². The molecular weight excluding hydrogens is 178 g/mol.